The summed E-state index contributed by atoms with van der Waals surface area (Å²) in [6, 6.07) is 18.6. The highest BCUT2D eigenvalue weighted by atomic mass is 16.5. The van der Waals surface area contributed by atoms with E-state index in [-0.39, 0.29) is 5.95 Å². The van der Waals surface area contributed by atoms with E-state index in [0.29, 0.717) is 23.7 Å². The third-order valence-corrected chi connectivity index (χ3v) is 5.11. The minimum Gasteiger partial charge on any atom is -0.493 e. The Labute approximate surface area is 181 Å². The molecule has 1 heterocycles. The van der Waals surface area contributed by atoms with Gasteiger partial charge in [-0.05, 0) is 40.1 Å². The van der Waals surface area contributed by atoms with Crippen molar-refractivity contribution in [3.63, 3.8) is 0 Å². The number of ether oxygens (including phenoxy) is 2. The lowest BCUT2D eigenvalue weighted by molar-refractivity contribution is 0.354. The molecule has 0 amide bonds. The molecule has 31 heavy (non-hydrogen) atoms. The second kappa shape index (κ2) is 8.75. The Kier molecular flexibility index (Phi) is 5.71. The highest BCUT2D eigenvalue weighted by Crippen LogP contribution is 2.35. The first-order chi connectivity index (χ1) is 15.1. The summed E-state index contributed by atoms with van der Waals surface area (Å²) >= 11 is 0. The summed E-state index contributed by atoms with van der Waals surface area (Å²) in [5.41, 5.74) is 15.4. The Morgan fingerprint density at radius 1 is 0.903 bits per heavy atom. The van der Waals surface area contributed by atoms with Crippen molar-refractivity contribution in [2.75, 3.05) is 25.7 Å². The molecule has 0 aliphatic carbocycles. The van der Waals surface area contributed by atoms with Crippen LogP contribution in [0.5, 0.6) is 11.5 Å². The number of nitrogen functional groups attached to an aromatic ring is 2. The van der Waals surface area contributed by atoms with Gasteiger partial charge in [0.05, 0.1) is 14.2 Å². The number of methoxy groups -OCH3 is 2. The Morgan fingerprint density at radius 2 is 1.71 bits per heavy atom. The van der Waals surface area contributed by atoms with E-state index in [9.17, 15) is 0 Å². The van der Waals surface area contributed by atoms with Gasteiger partial charge in [-0.15, -0.1) is 0 Å². The molecule has 0 saturated carbocycles. The van der Waals surface area contributed by atoms with Gasteiger partial charge in [0.1, 0.15) is 5.82 Å². The van der Waals surface area contributed by atoms with Crippen LogP contribution in [0.1, 0.15) is 22.3 Å². The molecule has 4 N–H and O–H groups in total. The molecule has 0 unspecified atom stereocenters. The maximum atomic E-state index is 6.01. The summed E-state index contributed by atoms with van der Waals surface area (Å²) < 4.78 is 11.2. The Bertz CT molecular complexity index is 1270. The number of hydrogen-bond acceptors (Lipinski definition) is 6. The van der Waals surface area contributed by atoms with Crippen molar-refractivity contribution in [2.45, 2.75) is 6.42 Å². The average molecular weight is 412 g/mol. The maximum absolute atomic E-state index is 6.01. The smallest absolute Gasteiger partial charge is 0.221 e. The largest absolute Gasteiger partial charge is 0.493 e. The molecule has 1 aromatic heterocycles. The zero-order valence-electron chi connectivity index (χ0n) is 17.5. The van der Waals surface area contributed by atoms with Gasteiger partial charge in [0.15, 0.2) is 11.5 Å². The van der Waals surface area contributed by atoms with Crippen molar-refractivity contribution in [2.24, 2.45) is 0 Å². The molecule has 0 fully saturated rings. The number of hydrogen-bond donors (Lipinski definition) is 2. The molecule has 4 aromatic rings. The fourth-order valence-electron chi connectivity index (χ4n) is 3.57. The van der Waals surface area contributed by atoms with Crippen LogP contribution in [0, 0.1) is 0 Å². The van der Waals surface area contributed by atoms with Crippen LogP contribution in [0.2, 0.25) is 0 Å². The molecule has 6 heteroatoms. The SMILES string of the molecule is COc1cc(Cc2cnc(N)nc2N)cc(C=Cc2ccc3ccccc3c2)c1OC. The lowest BCUT2D eigenvalue weighted by Crippen LogP contribution is -2.04. The van der Waals surface area contributed by atoms with Crippen LogP contribution in [0.25, 0.3) is 22.9 Å². The summed E-state index contributed by atoms with van der Waals surface area (Å²) in [6.45, 7) is 0. The van der Waals surface area contributed by atoms with Crippen molar-refractivity contribution >= 4 is 34.7 Å². The number of anilines is 2. The van der Waals surface area contributed by atoms with E-state index >= 15 is 0 Å². The summed E-state index contributed by atoms with van der Waals surface area (Å²) in [7, 11) is 3.26. The highest BCUT2D eigenvalue weighted by Gasteiger charge is 2.13. The predicted molar refractivity (Wildman–Crippen MR) is 126 cm³/mol. The average Bonchev–Trinajstić information content (AvgIpc) is 2.79. The number of nitrogens with zero attached hydrogens (tertiary/aromatic N) is 2. The second-order valence-corrected chi connectivity index (χ2v) is 7.18. The fraction of sp³-hybridized carbons (Fsp3) is 0.120. The van der Waals surface area contributed by atoms with Gasteiger partial charge in [-0.3, -0.25) is 0 Å². The molecule has 3 aromatic carbocycles. The van der Waals surface area contributed by atoms with Gasteiger partial charge in [-0.2, -0.15) is 4.98 Å². The van der Waals surface area contributed by atoms with Crippen LogP contribution in [-0.2, 0) is 6.42 Å². The number of fused-ring (bicyclic) bond motifs is 1. The second-order valence-electron chi connectivity index (χ2n) is 7.18. The van der Waals surface area contributed by atoms with Gasteiger partial charge in [0, 0.05) is 23.7 Å². The fourth-order valence-corrected chi connectivity index (χ4v) is 3.57. The van der Waals surface area contributed by atoms with Crippen molar-refractivity contribution in [1.29, 1.82) is 0 Å². The first-order valence-corrected chi connectivity index (χ1v) is 9.86. The molecule has 0 aliphatic rings. The summed E-state index contributed by atoms with van der Waals surface area (Å²) in [5, 5.41) is 2.41. The Hall–Kier alpha value is -4.06. The lowest BCUT2D eigenvalue weighted by Gasteiger charge is -2.14. The Balaban J connectivity index is 1.70. The summed E-state index contributed by atoms with van der Waals surface area (Å²) in [6.07, 6.45) is 6.29. The molecule has 0 atom stereocenters. The minimum atomic E-state index is 0.160. The van der Waals surface area contributed by atoms with Gasteiger partial charge in [0.25, 0.3) is 0 Å². The third kappa shape index (κ3) is 4.43. The van der Waals surface area contributed by atoms with Gasteiger partial charge in [0.2, 0.25) is 5.95 Å². The monoisotopic (exact) mass is 412 g/mol. The van der Waals surface area contributed by atoms with Gasteiger partial charge < -0.3 is 20.9 Å². The van der Waals surface area contributed by atoms with E-state index in [1.807, 2.05) is 24.3 Å². The van der Waals surface area contributed by atoms with E-state index in [2.05, 4.69) is 52.4 Å². The summed E-state index contributed by atoms with van der Waals surface area (Å²) in [5.74, 6) is 1.85. The quantitative estimate of drug-likeness (QED) is 0.450. The number of aromatic nitrogens is 2. The van der Waals surface area contributed by atoms with Crippen LogP contribution in [0.3, 0.4) is 0 Å². The van der Waals surface area contributed by atoms with E-state index in [1.54, 1.807) is 20.4 Å². The zero-order valence-corrected chi connectivity index (χ0v) is 17.5. The van der Waals surface area contributed by atoms with Crippen molar-refractivity contribution in [3.05, 3.63) is 83.0 Å². The standard InChI is InChI=1S/C25H24N4O2/c1-30-22-14-17(13-21-15-28-25(27)29-24(21)26)12-20(23(22)31-2)10-8-16-7-9-18-5-3-4-6-19(18)11-16/h3-12,14-15H,13H2,1-2H3,(H4,26,27,28,29). The third-order valence-electron chi connectivity index (χ3n) is 5.11. The normalized spacial score (nSPS) is 11.2. The molecule has 6 nitrogen and oxygen atoms in total. The molecule has 156 valence electrons. The zero-order chi connectivity index (χ0) is 21.8. The molecule has 0 bridgehead atoms. The number of rotatable bonds is 6. The van der Waals surface area contributed by atoms with Crippen molar-refractivity contribution in [3.8, 4) is 11.5 Å². The molecular formula is C25H24N4O2. The van der Waals surface area contributed by atoms with Crippen LogP contribution in [0.15, 0.2) is 60.8 Å². The highest BCUT2D eigenvalue weighted by molar-refractivity contribution is 5.86. The topological polar surface area (TPSA) is 96.3 Å². The minimum absolute atomic E-state index is 0.160. The molecular weight excluding hydrogens is 388 g/mol. The lowest BCUT2D eigenvalue weighted by atomic mass is 10.0. The number of nitrogens with two attached hydrogens (primary N) is 2. The van der Waals surface area contributed by atoms with Gasteiger partial charge >= 0.3 is 0 Å². The first-order valence-electron chi connectivity index (χ1n) is 9.86. The Morgan fingerprint density at radius 3 is 2.45 bits per heavy atom. The molecule has 4 rings (SSSR count). The molecule has 0 saturated heterocycles. The maximum Gasteiger partial charge on any atom is 0.221 e. The molecule has 0 aliphatic heterocycles. The van der Waals surface area contributed by atoms with Crippen LogP contribution in [0.4, 0.5) is 11.8 Å². The van der Waals surface area contributed by atoms with Crippen LogP contribution >= 0.6 is 0 Å². The van der Waals surface area contributed by atoms with E-state index in [0.717, 1.165) is 22.3 Å². The number of benzene rings is 3. The van der Waals surface area contributed by atoms with Crippen LogP contribution < -0.4 is 20.9 Å². The van der Waals surface area contributed by atoms with Crippen molar-refractivity contribution < 1.29 is 9.47 Å². The van der Waals surface area contributed by atoms with Gasteiger partial charge in [-0.25, -0.2) is 4.98 Å². The summed E-state index contributed by atoms with van der Waals surface area (Å²) in [4.78, 5) is 8.10. The van der Waals surface area contributed by atoms with E-state index in [4.69, 9.17) is 20.9 Å². The van der Waals surface area contributed by atoms with E-state index in [1.165, 1.54) is 10.8 Å². The predicted octanol–water partition coefficient (Wildman–Crippen LogP) is 4.57. The van der Waals surface area contributed by atoms with Gasteiger partial charge in [-0.1, -0.05) is 48.6 Å². The van der Waals surface area contributed by atoms with Crippen molar-refractivity contribution in [1.82, 2.24) is 9.97 Å². The first kappa shape index (κ1) is 20.2. The van der Waals surface area contributed by atoms with E-state index < -0.39 is 0 Å². The molecule has 0 spiro atoms. The van der Waals surface area contributed by atoms with Crippen LogP contribution in [-0.4, -0.2) is 24.2 Å². The molecule has 0 radical (unpaired) electrons.